The fraction of sp³-hybridized carbons (Fsp3) is 0.261. The van der Waals surface area contributed by atoms with Gasteiger partial charge in [0.1, 0.15) is 5.76 Å². The molecule has 2 heterocycles. The maximum absolute atomic E-state index is 9.28. The third-order valence-corrected chi connectivity index (χ3v) is 5.60. The Hall–Kier alpha value is -3.19. The van der Waals surface area contributed by atoms with Crippen molar-refractivity contribution in [3.63, 3.8) is 0 Å². The molecule has 0 N–H and O–H groups in total. The molecule has 4 nitrogen and oxygen atoms in total. The van der Waals surface area contributed by atoms with E-state index in [1.807, 2.05) is 54.9 Å². The summed E-state index contributed by atoms with van der Waals surface area (Å²) in [7, 11) is 0. The lowest BCUT2D eigenvalue weighted by Gasteiger charge is -2.30. The summed E-state index contributed by atoms with van der Waals surface area (Å²) in [5.41, 5.74) is 4.61. The number of hydrogen-bond donors (Lipinski definition) is 0. The van der Waals surface area contributed by atoms with Crippen molar-refractivity contribution in [1.29, 1.82) is 5.26 Å². The van der Waals surface area contributed by atoms with Crippen molar-refractivity contribution in [1.82, 2.24) is 10.1 Å². The fourth-order valence-corrected chi connectivity index (χ4v) is 3.78. The van der Waals surface area contributed by atoms with E-state index >= 15 is 0 Å². The van der Waals surface area contributed by atoms with Gasteiger partial charge in [-0.05, 0) is 36.5 Å². The number of nitrogens with zero attached hydrogens (tertiary/aromatic N) is 3. The quantitative estimate of drug-likeness (QED) is 0.645. The molecule has 0 radical (unpaired) electrons. The number of nitriles is 1. The van der Waals surface area contributed by atoms with Crippen LogP contribution in [-0.2, 0) is 6.42 Å². The van der Waals surface area contributed by atoms with Gasteiger partial charge in [0.15, 0.2) is 0 Å². The van der Waals surface area contributed by atoms with Gasteiger partial charge in [-0.3, -0.25) is 4.98 Å². The molecule has 4 heteroatoms. The van der Waals surface area contributed by atoms with E-state index in [2.05, 4.69) is 36.1 Å². The van der Waals surface area contributed by atoms with Gasteiger partial charge in [0, 0.05) is 28.8 Å². The highest BCUT2D eigenvalue weighted by Gasteiger charge is 2.33. The predicted octanol–water partition coefficient (Wildman–Crippen LogP) is 5.23. The Morgan fingerprint density at radius 1 is 1.15 bits per heavy atom. The summed E-state index contributed by atoms with van der Waals surface area (Å²) in [6, 6.07) is 13.8. The van der Waals surface area contributed by atoms with Crippen molar-refractivity contribution in [2.75, 3.05) is 0 Å². The van der Waals surface area contributed by atoms with Crippen molar-refractivity contribution >= 4 is 6.08 Å². The Kier molecular flexibility index (Phi) is 4.60. The van der Waals surface area contributed by atoms with Gasteiger partial charge < -0.3 is 4.52 Å². The van der Waals surface area contributed by atoms with Gasteiger partial charge in [-0.25, -0.2) is 0 Å². The Balaban J connectivity index is 1.58. The summed E-state index contributed by atoms with van der Waals surface area (Å²) in [6.07, 6.45) is 8.91. The van der Waals surface area contributed by atoms with Gasteiger partial charge in [-0.1, -0.05) is 49.3 Å². The molecular formula is C23H21N3O. The van der Waals surface area contributed by atoms with Crippen LogP contribution in [0.25, 0.3) is 17.2 Å². The third-order valence-electron chi connectivity index (χ3n) is 5.60. The van der Waals surface area contributed by atoms with Crippen LogP contribution in [0, 0.1) is 23.2 Å². The number of benzene rings is 1. The normalized spacial score (nSPS) is 21.7. The molecule has 0 saturated heterocycles. The van der Waals surface area contributed by atoms with Crippen LogP contribution in [0.3, 0.4) is 0 Å². The highest BCUT2D eigenvalue weighted by Crippen LogP contribution is 2.40. The molecule has 0 spiro atoms. The third kappa shape index (κ3) is 3.29. The van der Waals surface area contributed by atoms with E-state index in [1.54, 1.807) is 0 Å². The van der Waals surface area contributed by atoms with Crippen LogP contribution >= 0.6 is 0 Å². The minimum Gasteiger partial charge on any atom is -0.360 e. The number of allylic oxidation sites excluding steroid dienone is 1. The molecule has 134 valence electrons. The second-order valence-corrected chi connectivity index (χ2v) is 7.27. The van der Waals surface area contributed by atoms with Crippen LogP contribution in [0.15, 0.2) is 59.4 Å². The summed E-state index contributed by atoms with van der Waals surface area (Å²) in [5, 5.41) is 13.3. The second kappa shape index (κ2) is 7.20. The zero-order valence-corrected chi connectivity index (χ0v) is 15.5. The molecular weight excluding hydrogens is 334 g/mol. The first kappa shape index (κ1) is 17.2. The molecule has 0 saturated carbocycles. The molecule has 27 heavy (non-hydrogen) atoms. The number of rotatable bonds is 3. The van der Waals surface area contributed by atoms with Crippen molar-refractivity contribution in [2.45, 2.75) is 26.2 Å². The maximum Gasteiger partial charge on any atom is 0.147 e. The average molecular weight is 355 g/mol. The van der Waals surface area contributed by atoms with E-state index < -0.39 is 0 Å². The van der Waals surface area contributed by atoms with Crippen LogP contribution in [0.5, 0.6) is 0 Å². The first-order valence-electron chi connectivity index (χ1n) is 9.24. The van der Waals surface area contributed by atoms with Crippen molar-refractivity contribution in [3.8, 4) is 17.2 Å². The van der Waals surface area contributed by atoms with Gasteiger partial charge in [0.2, 0.25) is 0 Å². The predicted molar refractivity (Wildman–Crippen MR) is 105 cm³/mol. The van der Waals surface area contributed by atoms with Crippen molar-refractivity contribution < 1.29 is 4.52 Å². The topological polar surface area (TPSA) is 62.7 Å². The maximum atomic E-state index is 9.28. The lowest BCUT2D eigenvalue weighted by molar-refractivity contribution is 0.273. The Labute approximate surface area is 159 Å². The van der Waals surface area contributed by atoms with E-state index in [9.17, 15) is 5.26 Å². The zero-order valence-electron chi connectivity index (χ0n) is 15.5. The molecule has 0 fully saturated rings. The molecule has 0 bridgehead atoms. The minimum atomic E-state index is 0.215. The number of hydrogen-bond acceptors (Lipinski definition) is 4. The molecule has 3 aromatic rings. The van der Waals surface area contributed by atoms with Crippen molar-refractivity contribution in [2.24, 2.45) is 11.8 Å². The second-order valence-electron chi connectivity index (χ2n) is 7.27. The molecule has 1 aliphatic carbocycles. The van der Waals surface area contributed by atoms with Crippen LogP contribution < -0.4 is 0 Å². The first-order valence-corrected chi connectivity index (χ1v) is 9.24. The molecule has 3 atom stereocenters. The largest absolute Gasteiger partial charge is 0.360 e. The highest BCUT2D eigenvalue weighted by molar-refractivity contribution is 5.70. The van der Waals surface area contributed by atoms with Crippen LogP contribution in [-0.4, -0.2) is 10.1 Å². The standard InChI is InChI=1S/C23H21N3O/c1-15-11-19-14-26-27-23(19)21(16(15)2)10-9-20-8-7-18(13-25-20)22-6-4-3-5-17(22)12-24/h3-10,13-16,21H,11H2,1-2H3/b10-9+/t15-,16+,21-/m0/s1. The van der Waals surface area contributed by atoms with Gasteiger partial charge >= 0.3 is 0 Å². The van der Waals surface area contributed by atoms with Crippen molar-refractivity contribution in [3.05, 3.63) is 77.4 Å². The van der Waals surface area contributed by atoms with Gasteiger partial charge in [0.05, 0.1) is 23.5 Å². The van der Waals surface area contributed by atoms with Gasteiger partial charge in [-0.2, -0.15) is 5.26 Å². The lowest BCUT2D eigenvalue weighted by atomic mass is 9.73. The van der Waals surface area contributed by atoms with Gasteiger partial charge in [-0.15, -0.1) is 0 Å². The molecule has 0 aliphatic heterocycles. The molecule has 4 rings (SSSR count). The summed E-state index contributed by atoms with van der Waals surface area (Å²) < 4.78 is 5.53. The van der Waals surface area contributed by atoms with Crippen LogP contribution in [0.1, 0.15) is 42.3 Å². The van der Waals surface area contributed by atoms with E-state index in [-0.39, 0.29) is 5.92 Å². The molecule has 0 amide bonds. The smallest absolute Gasteiger partial charge is 0.147 e. The summed E-state index contributed by atoms with van der Waals surface area (Å²) in [5.74, 6) is 2.27. The number of fused-ring (bicyclic) bond motifs is 1. The minimum absolute atomic E-state index is 0.215. The highest BCUT2D eigenvalue weighted by atomic mass is 16.5. The zero-order chi connectivity index (χ0) is 18.8. The summed E-state index contributed by atoms with van der Waals surface area (Å²) in [6.45, 7) is 4.54. The van der Waals surface area contributed by atoms with E-state index in [0.717, 1.165) is 29.0 Å². The number of aromatic nitrogens is 2. The fourth-order valence-electron chi connectivity index (χ4n) is 3.78. The summed E-state index contributed by atoms with van der Waals surface area (Å²) in [4.78, 5) is 4.56. The molecule has 1 aliphatic rings. The van der Waals surface area contributed by atoms with E-state index in [4.69, 9.17) is 4.52 Å². The average Bonchev–Trinajstić information content (AvgIpc) is 3.16. The lowest BCUT2D eigenvalue weighted by Crippen LogP contribution is -2.23. The molecule has 1 aromatic carbocycles. The van der Waals surface area contributed by atoms with E-state index in [0.29, 0.717) is 17.4 Å². The Morgan fingerprint density at radius 3 is 2.78 bits per heavy atom. The molecule has 0 unspecified atom stereocenters. The van der Waals surface area contributed by atoms with Crippen LogP contribution in [0.4, 0.5) is 0 Å². The first-order chi connectivity index (χ1) is 13.2. The monoisotopic (exact) mass is 355 g/mol. The van der Waals surface area contributed by atoms with E-state index in [1.165, 1.54) is 5.56 Å². The van der Waals surface area contributed by atoms with Crippen LogP contribution in [0.2, 0.25) is 0 Å². The molecule has 2 aromatic heterocycles. The Morgan fingerprint density at radius 2 is 2.00 bits per heavy atom. The SMILES string of the molecule is C[C@H]1[C@H](/C=C/c2ccc(-c3ccccc3C#N)cn2)c2oncc2C[C@@H]1C. The summed E-state index contributed by atoms with van der Waals surface area (Å²) >= 11 is 0. The van der Waals surface area contributed by atoms with Gasteiger partial charge in [0.25, 0.3) is 0 Å². The number of pyridine rings is 1. The Bertz CT molecular complexity index is 1010.